The van der Waals surface area contributed by atoms with Crippen molar-refractivity contribution in [3.8, 4) is 11.6 Å². The number of benzene rings is 1. The lowest BCUT2D eigenvalue weighted by molar-refractivity contribution is 0.467. The summed E-state index contributed by atoms with van der Waals surface area (Å²) in [4.78, 5) is 15.2. The predicted molar refractivity (Wildman–Crippen MR) is 67.6 cm³/mol. The number of nitrogens with zero attached hydrogens (tertiary/aromatic N) is 3. The highest BCUT2D eigenvalue weighted by molar-refractivity contribution is 5.75. The van der Waals surface area contributed by atoms with Crippen molar-refractivity contribution in [1.82, 2.24) is 19.9 Å². The van der Waals surface area contributed by atoms with Gasteiger partial charge in [0.05, 0.1) is 6.33 Å². The molecule has 0 bridgehead atoms. The summed E-state index contributed by atoms with van der Waals surface area (Å²) in [6, 6.07) is 7.95. The van der Waals surface area contributed by atoms with Crippen molar-refractivity contribution in [2.45, 2.75) is 13.3 Å². The molecule has 0 spiro atoms. The number of aromatic nitrogens is 4. The van der Waals surface area contributed by atoms with E-state index in [2.05, 4.69) is 26.9 Å². The minimum absolute atomic E-state index is 0.488. The maximum absolute atomic E-state index is 5.73. The summed E-state index contributed by atoms with van der Waals surface area (Å²) in [5, 5.41) is 0. The van der Waals surface area contributed by atoms with Crippen molar-refractivity contribution in [3.05, 3.63) is 42.5 Å². The zero-order chi connectivity index (χ0) is 12.4. The molecule has 90 valence electrons. The molecule has 0 atom stereocenters. The van der Waals surface area contributed by atoms with Gasteiger partial charge in [0.25, 0.3) is 0 Å². The first-order valence-electron chi connectivity index (χ1n) is 5.77. The van der Waals surface area contributed by atoms with Crippen molar-refractivity contribution in [2.75, 3.05) is 0 Å². The number of fused-ring (bicyclic) bond motifs is 1. The number of aromatic amines is 1. The number of nitrogens with one attached hydrogen (secondary N) is 1. The van der Waals surface area contributed by atoms with Crippen LogP contribution in [0.25, 0.3) is 11.2 Å². The second-order valence-electron chi connectivity index (χ2n) is 3.88. The van der Waals surface area contributed by atoms with Crippen molar-refractivity contribution in [3.63, 3.8) is 0 Å². The minimum atomic E-state index is 0.488. The van der Waals surface area contributed by atoms with Gasteiger partial charge in [-0.1, -0.05) is 19.1 Å². The van der Waals surface area contributed by atoms with Crippen LogP contribution in [-0.2, 0) is 6.42 Å². The Bertz CT molecular complexity index is 660. The van der Waals surface area contributed by atoms with Gasteiger partial charge in [-0.15, -0.1) is 0 Å². The Kier molecular flexibility index (Phi) is 2.64. The van der Waals surface area contributed by atoms with Crippen LogP contribution in [0.15, 0.2) is 36.9 Å². The standard InChI is InChI=1S/C13H12N4O/c1-2-9-3-5-10(6-4-9)18-13-11-12(15-7-14-11)16-8-17-13/h3-8H,2H2,1H3,(H,14,15,16,17). The highest BCUT2D eigenvalue weighted by Crippen LogP contribution is 2.24. The fourth-order valence-corrected chi connectivity index (χ4v) is 1.73. The first-order chi connectivity index (χ1) is 8.86. The van der Waals surface area contributed by atoms with Gasteiger partial charge in [0.1, 0.15) is 17.6 Å². The van der Waals surface area contributed by atoms with E-state index in [4.69, 9.17) is 4.74 Å². The van der Waals surface area contributed by atoms with E-state index in [-0.39, 0.29) is 0 Å². The van der Waals surface area contributed by atoms with E-state index < -0.39 is 0 Å². The van der Waals surface area contributed by atoms with E-state index in [0.29, 0.717) is 17.0 Å². The lowest BCUT2D eigenvalue weighted by Gasteiger charge is -2.05. The van der Waals surface area contributed by atoms with Crippen LogP contribution in [0.3, 0.4) is 0 Å². The Hall–Kier alpha value is -2.43. The monoisotopic (exact) mass is 240 g/mol. The molecule has 5 heteroatoms. The number of hydrogen-bond donors (Lipinski definition) is 1. The fraction of sp³-hybridized carbons (Fsp3) is 0.154. The molecule has 0 amide bonds. The minimum Gasteiger partial charge on any atom is -0.437 e. The molecule has 0 aliphatic heterocycles. The molecule has 1 N–H and O–H groups in total. The molecule has 5 nitrogen and oxygen atoms in total. The number of H-pyrrole nitrogens is 1. The molecular formula is C13H12N4O. The summed E-state index contributed by atoms with van der Waals surface area (Å²) in [5.41, 5.74) is 2.58. The molecule has 0 unspecified atom stereocenters. The Balaban J connectivity index is 1.93. The molecule has 1 aromatic carbocycles. The van der Waals surface area contributed by atoms with Gasteiger partial charge in [-0.25, -0.2) is 9.97 Å². The summed E-state index contributed by atoms with van der Waals surface area (Å²) in [7, 11) is 0. The van der Waals surface area contributed by atoms with Crippen LogP contribution in [0.2, 0.25) is 0 Å². The second kappa shape index (κ2) is 4.44. The van der Waals surface area contributed by atoms with E-state index in [1.807, 2.05) is 24.3 Å². The van der Waals surface area contributed by atoms with E-state index in [1.165, 1.54) is 11.9 Å². The summed E-state index contributed by atoms with van der Waals surface area (Å²) in [6.07, 6.45) is 4.03. The number of ether oxygens (including phenoxy) is 1. The van der Waals surface area contributed by atoms with Crippen molar-refractivity contribution >= 4 is 11.2 Å². The molecule has 0 saturated heterocycles. The molecule has 0 aliphatic carbocycles. The molecule has 18 heavy (non-hydrogen) atoms. The molecule has 2 heterocycles. The number of hydrogen-bond acceptors (Lipinski definition) is 4. The van der Waals surface area contributed by atoms with E-state index >= 15 is 0 Å². The van der Waals surface area contributed by atoms with Gasteiger partial charge in [0, 0.05) is 0 Å². The average molecular weight is 240 g/mol. The largest absolute Gasteiger partial charge is 0.437 e. The van der Waals surface area contributed by atoms with E-state index in [1.54, 1.807) is 6.33 Å². The van der Waals surface area contributed by atoms with Gasteiger partial charge < -0.3 is 9.72 Å². The smallest absolute Gasteiger partial charge is 0.248 e. The van der Waals surface area contributed by atoms with Crippen LogP contribution in [0, 0.1) is 0 Å². The predicted octanol–water partition coefficient (Wildman–Crippen LogP) is 2.71. The summed E-state index contributed by atoms with van der Waals surface area (Å²) >= 11 is 0. The summed E-state index contributed by atoms with van der Waals surface area (Å²) < 4.78 is 5.73. The number of imidazole rings is 1. The molecule has 0 radical (unpaired) electrons. The van der Waals surface area contributed by atoms with Crippen molar-refractivity contribution in [1.29, 1.82) is 0 Å². The first kappa shape index (κ1) is 10.7. The average Bonchev–Trinajstić information content (AvgIpc) is 2.89. The lowest BCUT2D eigenvalue weighted by atomic mass is 10.2. The number of aryl methyl sites for hydroxylation is 1. The third-order valence-corrected chi connectivity index (χ3v) is 2.73. The summed E-state index contributed by atoms with van der Waals surface area (Å²) in [6.45, 7) is 2.12. The Morgan fingerprint density at radius 1 is 1.11 bits per heavy atom. The molecule has 0 fully saturated rings. The number of rotatable bonds is 3. The third kappa shape index (κ3) is 1.90. The lowest BCUT2D eigenvalue weighted by Crippen LogP contribution is -1.91. The van der Waals surface area contributed by atoms with Crippen LogP contribution in [0.5, 0.6) is 11.6 Å². The van der Waals surface area contributed by atoms with Crippen LogP contribution >= 0.6 is 0 Å². The van der Waals surface area contributed by atoms with Gasteiger partial charge in [0.15, 0.2) is 5.65 Å². The van der Waals surface area contributed by atoms with Crippen molar-refractivity contribution < 1.29 is 4.74 Å². The maximum Gasteiger partial charge on any atom is 0.248 e. The normalized spacial score (nSPS) is 10.7. The molecule has 3 rings (SSSR count). The van der Waals surface area contributed by atoms with Gasteiger partial charge in [0.2, 0.25) is 5.88 Å². The topological polar surface area (TPSA) is 63.7 Å². The highest BCUT2D eigenvalue weighted by atomic mass is 16.5. The van der Waals surface area contributed by atoms with Crippen LogP contribution in [0.1, 0.15) is 12.5 Å². The molecular weight excluding hydrogens is 228 g/mol. The van der Waals surface area contributed by atoms with Crippen molar-refractivity contribution in [2.24, 2.45) is 0 Å². The second-order valence-corrected chi connectivity index (χ2v) is 3.88. The van der Waals surface area contributed by atoms with Crippen LogP contribution < -0.4 is 4.74 Å². The zero-order valence-electron chi connectivity index (χ0n) is 9.92. The third-order valence-electron chi connectivity index (χ3n) is 2.73. The molecule has 2 aromatic heterocycles. The van der Waals surface area contributed by atoms with Gasteiger partial charge >= 0.3 is 0 Å². The fourth-order valence-electron chi connectivity index (χ4n) is 1.73. The van der Waals surface area contributed by atoms with Gasteiger partial charge in [-0.3, -0.25) is 0 Å². The summed E-state index contributed by atoms with van der Waals surface area (Å²) in [5.74, 6) is 1.24. The molecule has 3 aromatic rings. The van der Waals surface area contributed by atoms with Gasteiger partial charge in [-0.2, -0.15) is 4.98 Å². The SMILES string of the molecule is CCc1ccc(Oc2ncnc3nc[nH]c23)cc1. The molecule has 0 saturated carbocycles. The van der Waals surface area contributed by atoms with Crippen LogP contribution in [0.4, 0.5) is 0 Å². The van der Waals surface area contributed by atoms with Gasteiger partial charge in [-0.05, 0) is 24.1 Å². The first-order valence-corrected chi connectivity index (χ1v) is 5.77. The van der Waals surface area contributed by atoms with E-state index in [0.717, 1.165) is 12.2 Å². The maximum atomic E-state index is 5.73. The quantitative estimate of drug-likeness (QED) is 0.764. The molecule has 0 aliphatic rings. The van der Waals surface area contributed by atoms with Crippen LogP contribution in [-0.4, -0.2) is 19.9 Å². The Morgan fingerprint density at radius 3 is 2.72 bits per heavy atom. The highest BCUT2D eigenvalue weighted by Gasteiger charge is 2.07. The Labute approximate surface area is 104 Å². The Morgan fingerprint density at radius 2 is 1.94 bits per heavy atom. The zero-order valence-corrected chi connectivity index (χ0v) is 9.92. The van der Waals surface area contributed by atoms with E-state index in [9.17, 15) is 0 Å².